The number of anilines is 1. The van der Waals surface area contributed by atoms with E-state index in [0.29, 0.717) is 37.8 Å². The number of rotatable bonds is 10. The van der Waals surface area contributed by atoms with Crippen LogP contribution in [0.2, 0.25) is 10.0 Å². The van der Waals surface area contributed by atoms with Crippen molar-refractivity contribution in [1.82, 2.24) is 4.90 Å². The minimum Gasteiger partial charge on any atom is -0.475 e. The first-order valence-electron chi connectivity index (χ1n) is 13.6. The van der Waals surface area contributed by atoms with Gasteiger partial charge in [-0.15, -0.1) is 11.3 Å². The predicted molar refractivity (Wildman–Crippen MR) is 174 cm³/mol. The Hall–Kier alpha value is -3.83. The number of aryl methyl sites for hydroxylation is 2. The normalized spacial score (nSPS) is 11.6. The maximum Gasteiger partial charge on any atom is 0.372 e. The second-order valence-corrected chi connectivity index (χ2v) is 13.8. The molecule has 0 radical (unpaired) electrons. The molecule has 1 amide bonds. The van der Waals surface area contributed by atoms with Gasteiger partial charge in [-0.2, -0.15) is 0 Å². The number of carboxylic acid groups (broad SMARTS) is 1. The number of carbonyl (C=O) groups excluding carboxylic acids is 1. The number of hydrogen-bond donors (Lipinski definition) is 1. The molecule has 0 aliphatic heterocycles. The van der Waals surface area contributed by atoms with Crippen LogP contribution in [0.15, 0.2) is 81.4 Å². The number of sulfonamides is 1. The molecule has 8 nitrogen and oxygen atoms in total. The third kappa shape index (κ3) is 6.08. The lowest BCUT2D eigenvalue weighted by Crippen LogP contribution is -2.34. The fraction of sp³-hybridized carbons (Fsp3) is 0.188. The topological polar surface area (TPSA) is 108 Å². The number of halogens is 2. The molecule has 0 saturated heterocycles. The van der Waals surface area contributed by atoms with E-state index in [0.717, 1.165) is 10.4 Å². The lowest BCUT2D eigenvalue weighted by atomic mass is 10.1. The van der Waals surface area contributed by atoms with Gasteiger partial charge >= 0.3 is 5.97 Å². The number of amides is 1. The molecule has 0 spiro atoms. The molecular formula is C32H28Cl2N2O6S2. The van der Waals surface area contributed by atoms with E-state index < -0.39 is 16.0 Å². The molecule has 0 saturated carbocycles. The average molecular weight is 672 g/mol. The first kappa shape index (κ1) is 31.6. The van der Waals surface area contributed by atoms with E-state index in [1.807, 2.05) is 18.4 Å². The number of thiophene rings is 1. The lowest BCUT2D eigenvalue weighted by molar-refractivity contribution is 0.0663. The highest BCUT2D eigenvalue weighted by Crippen LogP contribution is 2.34. The van der Waals surface area contributed by atoms with Gasteiger partial charge in [0.1, 0.15) is 5.58 Å². The van der Waals surface area contributed by atoms with Crippen molar-refractivity contribution in [3.63, 3.8) is 0 Å². The Labute approximate surface area is 269 Å². The third-order valence-corrected chi connectivity index (χ3v) is 10.8. The monoisotopic (exact) mass is 670 g/mol. The van der Waals surface area contributed by atoms with Gasteiger partial charge in [0.05, 0.1) is 27.7 Å². The molecule has 0 fully saturated rings. The van der Waals surface area contributed by atoms with Crippen LogP contribution in [0.3, 0.4) is 0 Å². The summed E-state index contributed by atoms with van der Waals surface area (Å²) in [4.78, 5) is 28.1. The summed E-state index contributed by atoms with van der Waals surface area (Å²) in [7, 11) is -4.15. The molecule has 5 aromatic rings. The highest BCUT2D eigenvalue weighted by atomic mass is 35.5. The first-order valence-corrected chi connectivity index (χ1v) is 16.6. The summed E-state index contributed by atoms with van der Waals surface area (Å²) >= 11 is 14.4. The minimum atomic E-state index is -4.15. The highest BCUT2D eigenvalue weighted by molar-refractivity contribution is 7.92. The van der Waals surface area contributed by atoms with Gasteiger partial charge in [0.15, 0.2) is 0 Å². The number of furan rings is 1. The molecule has 0 aliphatic rings. The molecule has 0 unspecified atom stereocenters. The first-order chi connectivity index (χ1) is 20.9. The Morgan fingerprint density at radius 2 is 1.73 bits per heavy atom. The van der Waals surface area contributed by atoms with Crippen LogP contribution in [0.5, 0.6) is 0 Å². The number of nitrogens with zero attached hydrogens (tertiary/aromatic N) is 2. The van der Waals surface area contributed by atoms with Crippen LogP contribution in [0.25, 0.3) is 11.0 Å². The van der Waals surface area contributed by atoms with Crippen LogP contribution in [0, 0.1) is 13.8 Å². The Bertz CT molecular complexity index is 2000. The van der Waals surface area contributed by atoms with Crippen molar-refractivity contribution < 1.29 is 27.5 Å². The van der Waals surface area contributed by atoms with Crippen LogP contribution in [0.1, 0.15) is 49.4 Å². The lowest BCUT2D eigenvalue weighted by Gasteiger charge is -2.29. The quantitative estimate of drug-likeness (QED) is 0.161. The van der Waals surface area contributed by atoms with Crippen molar-refractivity contribution in [1.29, 1.82) is 0 Å². The van der Waals surface area contributed by atoms with Crippen molar-refractivity contribution >= 4 is 73.1 Å². The molecule has 2 aromatic heterocycles. The fourth-order valence-corrected chi connectivity index (χ4v) is 7.91. The summed E-state index contributed by atoms with van der Waals surface area (Å²) in [5.74, 6) is -1.79. The molecule has 0 aliphatic carbocycles. The molecule has 2 heterocycles. The van der Waals surface area contributed by atoms with E-state index in [1.54, 1.807) is 61.2 Å². The third-order valence-electron chi connectivity index (χ3n) is 7.34. The molecule has 12 heteroatoms. The number of carbonyl (C=O) groups is 2. The zero-order valence-electron chi connectivity index (χ0n) is 24.0. The van der Waals surface area contributed by atoms with Crippen LogP contribution in [-0.2, 0) is 23.1 Å². The van der Waals surface area contributed by atoms with Gasteiger partial charge in [0.25, 0.3) is 15.9 Å². The van der Waals surface area contributed by atoms with Crippen molar-refractivity contribution in [2.45, 2.75) is 38.8 Å². The molecule has 44 heavy (non-hydrogen) atoms. The van der Waals surface area contributed by atoms with E-state index in [-0.39, 0.29) is 41.8 Å². The van der Waals surface area contributed by atoms with E-state index >= 15 is 0 Å². The molecule has 5 rings (SSSR count). The number of carboxylic acids is 1. The summed E-state index contributed by atoms with van der Waals surface area (Å²) in [5.41, 5.74) is 2.84. The van der Waals surface area contributed by atoms with Gasteiger partial charge in [-0.25, -0.2) is 13.2 Å². The van der Waals surface area contributed by atoms with E-state index in [1.165, 1.54) is 33.8 Å². The highest BCUT2D eigenvalue weighted by Gasteiger charge is 2.29. The number of fused-ring (bicyclic) bond motifs is 1. The van der Waals surface area contributed by atoms with Gasteiger partial charge < -0.3 is 14.4 Å². The van der Waals surface area contributed by atoms with Gasteiger partial charge in [0, 0.05) is 33.9 Å². The molecule has 1 N–H and O–H groups in total. The molecular weight excluding hydrogens is 643 g/mol. The Morgan fingerprint density at radius 1 is 0.977 bits per heavy atom. The molecule has 0 atom stereocenters. The predicted octanol–water partition coefficient (Wildman–Crippen LogP) is 8.17. The van der Waals surface area contributed by atoms with Gasteiger partial charge in [-0.3, -0.25) is 9.10 Å². The minimum absolute atomic E-state index is 0.0354. The Balaban J connectivity index is 1.58. The smallest absolute Gasteiger partial charge is 0.372 e. The van der Waals surface area contributed by atoms with Gasteiger partial charge in [0.2, 0.25) is 5.76 Å². The summed E-state index contributed by atoms with van der Waals surface area (Å²) < 4.78 is 34.9. The maximum absolute atomic E-state index is 14.1. The standard InChI is InChI=1S/C32H28Cl2N2O6S2/c1-4-36(44(40,41)23-10-12-28-25(16-23)20(3)30(42-28)32(38)39)27-11-9-22(33)15-21(27)17-35(18-29-19(2)13-14-43-29)31(37)24-7-5-6-8-26(24)34/h5-16H,4,17-18H2,1-3H3,(H,38,39). The zero-order chi connectivity index (χ0) is 31.8. The summed E-state index contributed by atoms with van der Waals surface area (Å²) in [6.45, 7) is 5.65. The van der Waals surface area contributed by atoms with E-state index in [2.05, 4.69) is 0 Å². The second kappa shape index (κ2) is 12.6. The summed E-state index contributed by atoms with van der Waals surface area (Å²) in [6, 6.07) is 17.9. The van der Waals surface area contributed by atoms with Crippen LogP contribution in [-0.4, -0.2) is 36.8 Å². The van der Waals surface area contributed by atoms with Crippen molar-refractivity contribution in [3.8, 4) is 0 Å². The maximum atomic E-state index is 14.1. The van der Waals surface area contributed by atoms with Crippen molar-refractivity contribution in [3.05, 3.63) is 115 Å². The van der Waals surface area contributed by atoms with Crippen molar-refractivity contribution in [2.75, 3.05) is 10.8 Å². The Morgan fingerprint density at radius 3 is 2.39 bits per heavy atom. The number of aromatic carboxylic acids is 1. The summed E-state index contributed by atoms with van der Waals surface area (Å²) in [6.07, 6.45) is 0. The Kier molecular flexibility index (Phi) is 9.08. The van der Waals surface area contributed by atoms with Gasteiger partial charge in [-0.1, -0.05) is 35.3 Å². The second-order valence-electron chi connectivity index (χ2n) is 10.1. The van der Waals surface area contributed by atoms with E-state index in [4.69, 9.17) is 27.6 Å². The molecule has 228 valence electrons. The average Bonchev–Trinajstić information content (AvgIpc) is 3.55. The van der Waals surface area contributed by atoms with Crippen LogP contribution in [0.4, 0.5) is 5.69 Å². The van der Waals surface area contributed by atoms with E-state index in [9.17, 15) is 23.1 Å². The fourth-order valence-electron chi connectivity index (χ4n) is 5.04. The molecule has 0 bridgehead atoms. The van der Waals surface area contributed by atoms with Crippen LogP contribution < -0.4 is 4.31 Å². The zero-order valence-corrected chi connectivity index (χ0v) is 27.1. The van der Waals surface area contributed by atoms with Gasteiger partial charge in [-0.05, 0) is 91.9 Å². The largest absolute Gasteiger partial charge is 0.475 e. The number of hydrogen-bond acceptors (Lipinski definition) is 6. The SMILES string of the molecule is CCN(c1ccc(Cl)cc1CN(Cc1sccc1C)C(=O)c1ccccc1Cl)S(=O)(=O)c1ccc2oc(C(=O)O)c(C)c2c1. The molecule has 3 aromatic carbocycles. The number of benzene rings is 3. The van der Waals surface area contributed by atoms with Crippen LogP contribution >= 0.6 is 34.5 Å². The summed E-state index contributed by atoms with van der Waals surface area (Å²) in [5, 5.41) is 12.5. The van der Waals surface area contributed by atoms with Crippen molar-refractivity contribution in [2.24, 2.45) is 0 Å².